The van der Waals surface area contributed by atoms with Crippen LogP contribution in [0.5, 0.6) is 0 Å². The van der Waals surface area contributed by atoms with E-state index in [1.807, 2.05) is 19.1 Å². The summed E-state index contributed by atoms with van der Waals surface area (Å²) in [5.74, 6) is -1.77. The number of anilines is 1. The Morgan fingerprint density at radius 2 is 2.04 bits per heavy atom. The number of benzene rings is 1. The number of hydrogen-bond acceptors (Lipinski definition) is 5. The first-order valence-corrected chi connectivity index (χ1v) is 9.51. The van der Waals surface area contributed by atoms with Crippen LogP contribution in [0.1, 0.15) is 45.1 Å². The van der Waals surface area contributed by atoms with Gasteiger partial charge in [-0.1, -0.05) is 38.0 Å². The summed E-state index contributed by atoms with van der Waals surface area (Å²) >= 11 is 0. The Morgan fingerprint density at radius 1 is 1.32 bits per heavy atom. The van der Waals surface area contributed by atoms with E-state index in [0.29, 0.717) is 24.9 Å². The van der Waals surface area contributed by atoms with Gasteiger partial charge >= 0.3 is 11.9 Å². The number of nitrogens with zero attached hydrogens (tertiary/aromatic N) is 1. The Labute approximate surface area is 171 Å². The van der Waals surface area contributed by atoms with Gasteiger partial charge in [-0.3, -0.25) is 24.6 Å². The molecule has 1 aliphatic rings. The van der Waals surface area contributed by atoms with Gasteiger partial charge in [-0.15, -0.1) is 12.4 Å². The number of fused-ring (bicyclic) bond motifs is 1. The molecule has 0 spiro atoms. The topological polar surface area (TPSA) is 95.9 Å². The van der Waals surface area contributed by atoms with Crippen molar-refractivity contribution in [2.24, 2.45) is 0 Å². The zero-order chi connectivity index (χ0) is 19.8. The fourth-order valence-corrected chi connectivity index (χ4v) is 3.33. The van der Waals surface area contributed by atoms with E-state index in [4.69, 9.17) is 4.74 Å². The highest BCUT2D eigenvalue weighted by Gasteiger charge is 2.34. The molecule has 0 aromatic heterocycles. The number of hydrogen-bond donors (Lipinski definition) is 2. The highest BCUT2D eigenvalue weighted by Crippen LogP contribution is 2.27. The zero-order valence-corrected chi connectivity index (χ0v) is 17.2. The van der Waals surface area contributed by atoms with Crippen molar-refractivity contribution >= 4 is 35.9 Å². The minimum atomic E-state index is -1.08. The van der Waals surface area contributed by atoms with E-state index in [1.165, 1.54) is 4.90 Å². The van der Waals surface area contributed by atoms with Crippen molar-refractivity contribution in [1.82, 2.24) is 5.32 Å². The summed E-state index contributed by atoms with van der Waals surface area (Å²) in [6, 6.07) is 6.11. The summed E-state index contributed by atoms with van der Waals surface area (Å²) in [7, 11) is 0. The minimum Gasteiger partial charge on any atom is -0.480 e. The van der Waals surface area contributed by atoms with Crippen molar-refractivity contribution in [2.75, 3.05) is 18.1 Å². The summed E-state index contributed by atoms with van der Waals surface area (Å²) < 4.78 is 5.14. The molecule has 1 aromatic rings. The van der Waals surface area contributed by atoms with Crippen LogP contribution in [-0.2, 0) is 25.5 Å². The quantitative estimate of drug-likeness (QED) is 0.605. The van der Waals surface area contributed by atoms with Crippen LogP contribution in [0, 0.1) is 0 Å². The molecule has 1 aromatic carbocycles. The number of carboxylic acids is 1. The average Bonchev–Trinajstić information content (AvgIpc) is 2.77. The van der Waals surface area contributed by atoms with Gasteiger partial charge in [0, 0.05) is 5.69 Å². The zero-order valence-electron chi connectivity index (χ0n) is 16.3. The van der Waals surface area contributed by atoms with Gasteiger partial charge in [0.05, 0.1) is 12.6 Å². The number of carboxylic acid groups (broad SMARTS) is 1. The highest BCUT2D eigenvalue weighted by atomic mass is 35.5. The van der Waals surface area contributed by atoms with Crippen LogP contribution < -0.4 is 10.2 Å². The molecule has 28 heavy (non-hydrogen) atoms. The van der Waals surface area contributed by atoms with Gasteiger partial charge in [0.25, 0.3) is 0 Å². The molecule has 0 fully saturated rings. The molecule has 0 saturated carbocycles. The Kier molecular flexibility index (Phi) is 9.96. The second-order valence-electron chi connectivity index (χ2n) is 6.65. The predicted octanol–water partition coefficient (Wildman–Crippen LogP) is 2.55. The summed E-state index contributed by atoms with van der Waals surface area (Å²) in [5.41, 5.74) is 1.55. The largest absolute Gasteiger partial charge is 0.480 e. The lowest BCUT2D eigenvalue weighted by Gasteiger charge is -2.27. The molecule has 0 aliphatic carbocycles. The van der Waals surface area contributed by atoms with Gasteiger partial charge in [0.15, 0.2) is 0 Å². The van der Waals surface area contributed by atoms with Gasteiger partial charge in [-0.2, -0.15) is 0 Å². The van der Waals surface area contributed by atoms with Gasteiger partial charge in [0.1, 0.15) is 12.6 Å². The highest BCUT2D eigenvalue weighted by molar-refractivity contribution is 6.02. The maximum absolute atomic E-state index is 13.1. The van der Waals surface area contributed by atoms with Gasteiger partial charge in [-0.05, 0) is 37.8 Å². The molecule has 7 nitrogen and oxygen atoms in total. The number of unbranched alkanes of at least 4 members (excludes halogenated alkanes) is 1. The van der Waals surface area contributed by atoms with Gasteiger partial charge < -0.3 is 9.84 Å². The Bertz CT molecular complexity index is 682. The third-order valence-electron chi connectivity index (χ3n) is 4.66. The van der Waals surface area contributed by atoms with E-state index in [2.05, 4.69) is 5.32 Å². The van der Waals surface area contributed by atoms with Crippen molar-refractivity contribution in [2.45, 2.75) is 58.0 Å². The third kappa shape index (κ3) is 6.21. The van der Waals surface area contributed by atoms with E-state index in [-0.39, 0.29) is 30.9 Å². The number of nitrogens with one attached hydrogen (secondary N) is 1. The van der Waals surface area contributed by atoms with E-state index >= 15 is 0 Å². The van der Waals surface area contributed by atoms with E-state index in [9.17, 15) is 19.5 Å². The Balaban J connectivity index is 0.00000392. The number of ether oxygens (including phenoxy) is 1. The number of aryl methyl sites for hydroxylation is 1. The Morgan fingerprint density at radius 3 is 2.68 bits per heavy atom. The number of esters is 1. The lowest BCUT2D eigenvalue weighted by molar-refractivity contribution is -0.146. The lowest BCUT2D eigenvalue weighted by Crippen LogP contribution is -2.53. The smallest absolute Gasteiger partial charge is 0.323 e. The van der Waals surface area contributed by atoms with E-state index in [1.54, 1.807) is 19.1 Å². The van der Waals surface area contributed by atoms with Crippen molar-refractivity contribution in [3.8, 4) is 0 Å². The number of rotatable bonds is 9. The summed E-state index contributed by atoms with van der Waals surface area (Å²) in [6.45, 7) is 3.65. The van der Waals surface area contributed by atoms with Crippen LogP contribution in [0.25, 0.3) is 0 Å². The molecule has 2 atom stereocenters. The second kappa shape index (κ2) is 11.7. The average molecular weight is 413 g/mol. The lowest BCUT2D eigenvalue weighted by atomic mass is 10.0. The van der Waals surface area contributed by atoms with Crippen molar-refractivity contribution in [1.29, 1.82) is 0 Å². The predicted molar refractivity (Wildman–Crippen MR) is 109 cm³/mol. The number of amides is 1. The van der Waals surface area contributed by atoms with Crippen LogP contribution >= 0.6 is 12.4 Å². The molecule has 1 heterocycles. The molecule has 0 saturated heterocycles. The first-order chi connectivity index (χ1) is 13.0. The van der Waals surface area contributed by atoms with Crippen LogP contribution in [-0.4, -0.2) is 48.2 Å². The van der Waals surface area contributed by atoms with Gasteiger partial charge in [0.2, 0.25) is 5.91 Å². The first-order valence-electron chi connectivity index (χ1n) is 9.51. The third-order valence-corrected chi connectivity index (χ3v) is 4.66. The standard InChI is InChI=1S/C20H28N2O5.ClH/c1-3-5-9-16(20(26)27-4-2)21-15-12-11-14-8-6-7-10-17(14)22(19(15)25)13-18(23)24;/h6-8,10,15-16,21H,3-5,9,11-13H2,1-2H3,(H,23,24);1H/t15-,16-;/m0./s1. The molecule has 8 heteroatoms. The molecule has 0 bridgehead atoms. The van der Waals surface area contributed by atoms with E-state index < -0.39 is 24.6 Å². The molecule has 0 radical (unpaired) electrons. The van der Waals surface area contributed by atoms with Crippen LogP contribution in [0.3, 0.4) is 0 Å². The molecule has 2 rings (SSSR count). The van der Waals surface area contributed by atoms with E-state index in [0.717, 1.165) is 18.4 Å². The number of halogens is 1. The molecular weight excluding hydrogens is 384 g/mol. The molecule has 1 aliphatic heterocycles. The van der Waals surface area contributed by atoms with Crippen molar-refractivity contribution in [3.63, 3.8) is 0 Å². The maximum atomic E-state index is 13.1. The summed E-state index contributed by atoms with van der Waals surface area (Å²) in [4.78, 5) is 38.0. The first kappa shape index (κ1) is 23.9. The van der Waals surface area contributed by atoms with Crippen molar-refractivity contribution < 1.29 is 24.2 Å². The summed E-state index contributed by atoms with van der Waals surface area (Å²) in [5, 5.41) is 12.4. The molecular formula is C20H29ClN2O5. The van der Waals surface area contributed by atoms with Crippen LogP contribution in [0.4, 0.5) is 5.69 Å². The second-order valence-corrected chi connectivity index (χ2v) is 6.65. The molecule has 156 valence electrons. The minimum absolute atomic E-state index is 0. The van der Waals surface area contributed by atoms with Gasteiger partial charge in [-0.25, -0.2) is 0 Å². The number of para-hydroxylation sites is 1. The number of aliphatic carboxylic acids is 1. The molecule has 2 N–H and O–H groups in total. The fraction of sp³-hybridized carbons (Fsp3) is 0.550. The number of carbonyl (C=O) groups excluding carboxylic acids is 2. The fourth-order valence-electron chi connectivity index (χ4n) is 3.33. The molecule has 0 unspecified atom stereocenters. The summed E-state index contributed by atoms with van der Waals surface area (Å²) in [6.07, 6.45) is 3.45. The van der Waals surface area contributed by atoms with Crippen LogP contribution in [0.2, 0.25) is 0 Å². The number of carbonyl (C=O) groups is 3. The van der Waals surface area contributed by atoms with Crippen molar-refractivity contribution in [3.05, 3.63) is 29.8 Å². The maximum Gasteiger partial charge on any atom is 0.323 e. The van der Waals surface area contributed by atoms with Crippen LogP contribution in [0.15, 0.2) is 24.3 Å². The monoisotopic (exact) mass is 412 g/mol. The molecule has 1 amide bonds. The Hall–Kier alpha value is -2.12. The SMILES string of the molecule is CCCC[C@H](N[C@H]1CCc2ccccc2N(CC(=O)O)C1=O)C(=O)OCC.Cl. The normalized spacial score (nSPS) is 17.1.